The Balaban J connectivity index is 2.73. The summed E-state index contributed by atoms with van der Waals surface area (Å²) < 4.78 is 0. The van der Waals surface area contributed by atoms with E-state index in [1.54, 1.807) is 16.7 Å². The van der Waals surface area contributed by atoms with Crippen molar-refractivity contribution >= 4 is 23.6 Å². The average Bonchev–Trinajstić information content (AvgIpc) is 2.54. The Morgan fingerprint density at radius 3 is 2.68 bits per heavy atom. The number of rotatable bonds is 6. The first-order chi connectivity index (χ1) is 9.09. The van der Waals surface area contributed by atoms with Crippen molar-refractivity contribution in [3.63, 3.8) is 0 Å². The van der Waals surface area contributed by atoms with Gasteiger partial charge in [-0.2, -0.15) is 0 Å². The van der Waals surface area contributed by atoms with E-state index in [4.69, 9.17) is 6.42 Å². The maximum atomic E-state index is 12.6. The molecule has 0 aliphatic carbocycles. The van der Waals surface area contributed by atoms with Gasteiger partial charge in [0.05, 0.1) is 5.75 Å². The maximum Gasteiger partial charge on any atom is 0.248 e. The van der Waals surface area contributed by atoms with Gasteiger partial charge in [-0.25, -0.2) is 0 Å². The smallest absolute Gasteiger partial charge is 0.248 e. The first-order valence-electron chi connectivity index (χ1n) is 6.71. The topological polar surface area (TPSA) is 49.4 Å². The number of carbonyl (C=O) groups is 2. The molecule has 0 unspecified atom stereocenters. The molecule has 0 radical (unpaired) electrons. The summed E-state index contributed by atoms with van der Waals surface area (Å²) in [6.07, 6.45) is 6.83. The second-order valence-corrected chi connectivity index (χ2v) is 5.74. The van der Waals surface area contributed by atoms with E-state index in [-0.39, 0.29) is 11.8 Å². The highest BCUT2D eigenvalue weighted by atomic mass is 32.2. The fourth-order valence-corrected chi connectivity index (χ4v) is 2.88. The summed E-state index contributed by atoms with van der Waals surface area (Å²) in [6, 6.07) is 0. The lowest BCUT2D eigenvalue weighted by atomic mass is 9.91. The summed E-state index contributed by atoms with van der Waals surface area (Å²) in [5, 5.41) is 2.90. The highest BCUT2D eigenvalue weighted by molar-refractivity contribution is 7.99. The Morgan fingerprint density at radius 1 is 1.42 bits per heavy atom. The molecule has 0 aromatic carbocycles. The number of nitrogens with one attached hydrogen (secondary N) is 1. The molecule has 1 heterocycles. The summed E-state index contributed by atoms with van der Waals surface area (Å²) >= 11 is 1.64. The van der Waals surface area contributed by atoms with Gasteiger partial charge in [0.15, 0.2) is 0 Å². The molecule has 1 N–H and O–H groups in total. The van der Waals surface area contributed by atoms with Gasteiger partial charge in [0, 0.05) is 25.3 Å². The molecule has 106 valence electrons. The third-order valence-corrected chi connectivity index (χ3v) is 4.42. The minimum absolute atomic E-state index is 0.0316. The molecule has 0 aromatic rings. The van der Waals surface area contributed by atoms with Crippen molar-refractivity contribution < 1.29 is 9.59 Å². The van der Waals surface area contributed by atoms with Crippen LogP contribution in [0.5, 0.6) is 0 Å². The molecule has 1 aliphatic heterocycles. The summed E-state index contributed by atoms with van der Waals surface area (Å²) in [4.78, 5) is 26.2. The third-order valence-electron chi connectivity index (χ3n) is 3.58. The lowest BCUT2D eigenvalue weighted by molar-refractivity contribution is -0.139. The highest BCUT2D eigenvalue weighted by Crippen LogP contribution is 2.22. The van der Waals surface area contributed by atoms with Gasteiger partial charge in [-0.05, 0) is 12.8 Å². The lowest BCUT2D eigenvalue weighted by Gasteiger charge is -2.33. The van der Waals surface area contributed by atoms with Crippen LogP contribution in [-0.2, 0) is 9.59 Å². The van der Waals surface area contributed by atoms with Crippen LogP contribution in [0.1, 0.15) is 33.1 Å². The molecule has 0 aromatic heterocycles. The fraction of sp³-hybridized carbons (Fsp3) is 0.714. The molecule has 0 saturated carbocycles. The van der Waals surface area contributed by atoms with Crippen LogP contribution >= 0.6 is 11.8 Å². The molecule has 4 nitrogen and oxygen atoms in total. The normalized spacial score (nSPS) is 18.7. The minimum atomic E-state index is -0.718. The van der Waals surface area contributed by atoms with Crippen molar-refractivity contribution in [1.29, 1.82) is 0 Å². The van der Waals surface area contributed by atoms with Gasteiger partial charge in [-0.1, -0.05) is 19.8 Å². The molecule has 0 spiro atoms. The second-order valence-electron chi connectivity index (χ2n) is 4.64. The Bertz CT molecular complexity index is 372. The van der Waals surface area contributed by atoms with E-state index >= 15 is 0 Å². The Morgan fingerprint density at radius 2 is 2.11 bits per heavy atom. The van der Waals surface area contributed by atoms with Crippen molar-refractivity contribution in [3.8, 4) is 12.3 Å². The van der Waals surface area contributed by atoms with Crippen molar-refractivity contribution in [1.82, 2.24) is 10.2 Å². The maximum absolute atomic E-state index is 12.6. The number of terminal acetylenes is 1. The molecular weight excluding hydrogens is 260 g/mol. The Hall–Kier alpha value is -1.15. The Labute approximate surface area is 119 Å². The minimum Gasteiger partial charge on any atom is -0.342 e. The van der Waals surface area contributed by atoms with Crippen LogP contribution in [0.4, 0.5) is 0 Å². The highest BCUT2D eigenvalue weighted by Gasteiger charge is 2.41. The van der Waals surface area contributed by atoms with Gasteiger partial charge < -0.3 is 10.2 Å². The number of thioether (sulfide) groups is 1. The largest absolute Gasteiger partial charge is 0.342 e. The zero-order valence-corrected chi connectivity index (χ0v) is 12.5. The first kappa shape index (κ1) is 15.9. The molecule has 1 aliphatic rings. The summed E-state index contributed by atoms with van der Waals surface area (Å²) in [6.45, 7) is 5.04. The SMILES string of the molecule is C#CCSCCN1CCC(=O)NC(CC)(CC)C1=O. The third kappa shape index (κ3) is 3.90. The predicted molar refractivity (Wildman–Crippen MR) is 78.8 cm³/mol. The van der Waals surface area contributed by atoms with E-state index in [1.807, 2.05) is 13.8 Å². The van der Waals surface area contributed by atoms with Crippen molar-refractivity contribution in [2.45, 2.75) is 38.6 Å². The van der Waals surface area contributed by atoms with Crippen LogP contribution in [0.15, 0.2) is 0 Å². The monoisotopic (exact) mass is 282 g/mol. The zero-order valence-electron chi connectivity index (χ0n) is 11.7. The molecule has 5 heteroatoms. The number of nitrogens with zero attached hydrogens (tertiary/aromatic N) is 1. The molecule has 2 amide bonds. The van der Waals surface area contributed by atoms with Gasteiger partial charge in [-0.15, -0.1) is 18.2 Å². The number of hydrogen-bond acceptors (Lipinski definition) is 3. The first-order valence-corrected chi connectivity index (χ1v) is 7.86. The molecule has 1 fully saturated rings. The summed E-state index contributed by atoms with van der Waals surface area (Å²) in [5.74, 6) is 4.05. The number of hydrogen-bond donors (Lipinski definition) is 1. The molecular formula is C14H22N2O2S. The predicted octanol–water partition coefficient (Wildman–Crippen LogP) is 1.26. The van der Waals surface area contributed by atoms with E-state index in [0.717, 1.165) is 5.75 Å². The molecule has 19 heavy (non-hydrogen) atoms. The standard InChI is InChI=1S/C14H22N2O2S/c1-4-10-19-11-9-16-8-7-12(17)15-14(5-2,6-3)13(16)18/h1H,5-11H2,2-3H3,(H,15,17). The molecule has 0 atom stereocenters. The van der Waals surface area contributed by atoms with Gasteiger partial charge in [-0.3, -0.25) is 9.59 Å². The lowest BCUT2D eigenvalue weighted by Crippen LogP contribution is -2.56. The molecule has 0 bridgehead atoms. The van der Waals surface area contributed by atoms with Crippen LogP contribution in [0, 0.1) is 12.3 Å². The van der Waals surface area contributed by atoms with E-state index in [9.17, 15) is 9.59 Å². The molecule has 1 saturated heterocycles. The van der Waals surface area contributed by atoms with Gasteiger partial charge in [0.25, 0.3) is 0 Å². The van der Waals surface area contributed by atoms with Crippen molar-refractivity contribution in [3.05, 3.63) is 0 Å². The van der Waals surface area contributed by atoms with E-state index in [0.29, 0.717) is 38.1 Å². The average molecular weight is 282 g/mol. The van der Waals surface area contributed by atoms with Gasteiger partial charge >= 0.3 is 0 Å². The van der Waals surface area contributed by atoms with Crippen LogP contribution in [0.2, 0.25) is 0 Å². The van der Waals surface area contributed by atoms with Crippen LogP contribution in [0.3, 0.4) is 0 Å². The second kappa shape index (κ2) is 7.44. The Kier molecular flexibility index (Phi) is 6.23. The fourth-order valence-electron chi connectivity index (χ4n) is 2.27. The van der Waals surface area contributed by atoms with E-state index in [2.05, 4.69) is 11.2 Å². The van der Waals surface area contributed by atoms with Gasteiger partial charge in [0.1, 0.15) is 5.54 Å². The zero-order chi connectivity index (χ0) is 14.3. The van der Waals surface area contributed by atoms with Crippen LogP contribution in [0.25, 0.3) is 0 Å². The van der Waals surface area contributed by atoms with Gasteiger partial charge in [0.2, 0.25) is 11.8 Å². The quantitative estimate of drug-likeness (QED) is 0.589. The van der Waals surface area contributed by atoms with E-state index < -0.39 is 5.54 Å². The number of amides is 2. The van der Waals surface area contributed by atoms with E-state index in [1.165, 1.54) is 0 Å². The van der Waals surface area contributed by atoms with Crippen LogP contribution in [-0.4, -0.2) is 46.8 Å². The van der Waals surface area contributed by atoms with Crippen LogP contribution < -0.4 is 5.32 Å². The summed E-state index contributed by atoms with van der Waals surface area (Å²) in [5.41, 5.74) is -0.718. The summed E-state index contributed by atoms with van der Waals surface area (Å²) in [7, 11) is 0. The number of carbonyl (C=O) groups excluding carboxylic acids is 2. The van der Waals surface area contributed by atoms with Crippen molar-refractivity contribution in [2.24, 2.45) is 0 Å². The molecule has 1 rings (SSSR count). The van der Waals surface area contributed by atoms with Crippen molar-refractivity contribution in [2.75, 3.05) is 24.6 Å².